The molecule has 1 atom stereocenters. The number of hydrogen-bond donors (Lipinski definition) is 1. The Bertz CT molecular complexity index is 1020. The fourth-order valence-corrected chi connectivity index (χ4v) is 4.43. The number of tetrazole rings is 1. The number of carbonyl (C=O) groups is 2. The minimum absolute atomic E-state index is 0.0659. The van der Waals surface area contributed by atoms with E-state index in [0.717, 1.165) is 11.3 Å². The van der Waals surface area contributed by atoms with Crippen molar-refractivity contribution in [3.8, 4) is 0 Å². The summed E-state index contributed by atoms with van der Waals surface area (Å²) in [5.74, 6) is 0.472. The normalized spacial score (nSPS) is 11.8. The van der Waals surface area contributed by atoms with Gasteiger partial charge in [0.05, 0.1) is 11.1 Å². The first-order valence-corrected chi connectivity index (χ1v) is 11.9. The lowest BCUT2D eigenvalue weighted by atomic mass is 10.1. The molecular formula is C21H22ClN5O2S2. The lowest BCUT2D eigenvalue weighted by molar-refractivity contribution is -0.121. The van der Waals surface area contributed by atoms with E-state index in [2.05, 4.69) is 20.7 Å². The lowest BCUT2D eigenvalue weighted by Crippen LogP contribution is -2.40. The van der Waals surface area contributed by atoms with Crippen LogP contribution in [0, 0.1) is 0 Å². The molecule has 0 aliphatic rings. The summed E-state index contributed by atoms with van der Waals surface area (Å²) in [6.07, 6.45) is 1.28. The maximum absolute atomic E-state index is 12.6. The summed E-state index contributed by atoms with van der Waals surface area (Å²) in [5.41, 5.74) is 1.17. The van der Waals surface area contributed by atoms with Crippen LogP contribution in [0.1, 0.15) is 18.9 Å². The minimum atomic E-state index is -0.595. The van der Waals surface area contributed by atoms with Gasteiger partial charge in [-0.2, -0.15) is 4.80 Å². The fourth-order valence-electron chi connectivity index (χ4n) is 2.71. The van der Waals surface area contributed by atoms with Gasteiger partial charge in [-0.15, -0.1) is 10.2 Å². The van der Waals surface area contributed by atoms with E-state index in [4.69, 9.17) is 11.6 Å². The Hall–Kier alpha value is -2.36. The molecule has 7 nitrogen and oxygen atoms in total. The van der Waals surface area contributed by atoms with Gasteiger partial charge in [0, 0.05) is 10.6 Å². The van der Waals surface area contributed by atoms with Crippen molar-refractivity contribution < 1.29 is 9.59 Å². The van der Waals surface area contributed by atoms with E-state index < -0.39 is 6.04 Å². The standard InChI is InChI=1S/C21H22ClN5O2S2/c1-2-17(23-21(29)30-13-12-15-8-4-3-5-9-15)18(28)14-27-25-20(24-26-27)31-19-11-7-6-10-16(19)22/h3-11,17H,2,12-14H2,1H3,(H,23,29). The molecule has 0 aliphatic heterocycles. The molecule has 1 N–H and O–H groups in total. The Morgan fingerprint density at radius 1 is 1.13 bits per heavy atom. The first-order valence-electron chi connectivity index (χ1n) is 9.75. The molecule has 10 heteroatoms. The largest absolute Gasteiger partial charge is 0.337 e. The molecule has 0 saturated carbocycles. The number of nitrogens with one attached hydrogen (secondary N) is 1. The molecule has 0 saturated heterocycles. The van der Waals surface area contributed by atoms with Crippen molar-refractivity contribution in [2.75, 3.05) is 5.75 Å². The number of Topliss-reactive ketones (excluding diaryl/α,β-unsaturated/α-hetero) is 1. The van der Waals surface area contributed by atoms with Crippen LogP contribution in [0.3, 0.4) is 0 Å². The molecular weight excluding hydrogens is 454 g/mol. The van der Waals surface area contributed by atoms with E-state index in [1.54, 1.807) is 6.07 Å². The molecule has 3 aromatic rings. The lowest BCUT2D eigenvalue weighted by Gasteiger charge is -2.15. The Balaban J connectivity index is 1.47. The first-order chi connectivity index (χ1) is 15.0. The van der Waals surface area contributed by atoms with Gasteiger partial charge in [0.2, 0.25) is 5.16 Å². The molecule has 1 unspecified atom stereocenters. The Kier molecular flexibility index (Phi) is 8.93. The van der Waals surface area contributed by atoms with Crippen LogP contribution < -0.4 is 5.32 Å². The van der Waals surface area contributed by atoms with Crippen LogP contribution in [0.5, 0.6) is 0 Å². The van der Waals surface area contributed by atoms with E-state index >= 15 is 0 Å². The van der Waals surface area contributed by atoms with Crippen LogP contribution in [0.2, 0.25) is 5.02 Å². The topological polar surface area (TPSA) is 89.8 Å². The third kappa shape index (κ3) is 7.37. The summed E-state index contributed by atoms with van der Waals surface area (Å²) in [6, 6.07) is 16.7. The molecule has 1 heterocycles. The smallest absolute Gasteiger partial charge is 0.279 e. The van der Waals surface area contributed by atoms with Gasteiger partial charge in [-0.05, 0) is 47.5 Å². The summed E-state index contributed by atoms with van der Waals surface area (Å²) in [6.45, 7) is 1.79. The van der Waals surface area contributed by atoms with Gasteiger partial charge in [-0.3, -0.25) is 9.59 Å². The van der Waals surface area contributed by atoms with E-state index in [1.165, 1.54) is 33.9 Å². The van der Waals surface area contributed by atoms with Gasteiger partial charge in [-0.1, -0.05) is 72.8 Å². The van der Waals surface area contributed by atoms with Crippen molar-refractivity contribution in [3.63, 3.8) is 0 Å². The monoisotopic (exact) mass is 475 g/mol. The molecule has 31 heavy (non-hydrogen) atoms. The van der Waals surface area contributed by atoms with Gasteiger partial charge >= 0.3 is 0 Å². The maximum atomic E-state index is 12.6. The summed E-state index contributed by atoms with van der Waals surface area (Å²) in [5, 5.41) is 15.7. The first kappa shape index (κ1) is 23.3. The van der Waals surface area contributed by atoms with Crippen molar-refractivity contribution in [2.45, 2.75) is 42.4 Å². The van der Waals surface area contributed by atoms with E-state index in [9.17, 15) is 9.59 Å². The van der Waals surface area contributed by atoms with Crippen LogP contribution in [-0.2, 0) is 17.8 Å². The zero-order valence-corrected chi connectivity index (χ0v) is 19.3. The number of carbonyl (C=O) groups excluding carboxylic acids is 2. The highest BCUT2D eigenvalue weighted by molar-refractivity contribution is 8.13. The van der Waals surface area contributed by atoms with Crippen molar-refractivity contribution >= 4 is 46.1 Å². The average molecular weight is 476 g/mol. The highest BCUT2D eigenvalue weighted by Crippen LogP contribution is 2.30. The number of aromatic nitrogens is 4. The predicted molar refractivity (Wildman–Crippen MR) is 124 cm³/mol. The Labute approximate surface area is 194 Å². The van der Waals surface area contributed by atoms with E-state index in [0.29, 0.717) is 22.4 Å². The number of benzene rings is 2. The quantitative estimate of drug-likeness (QED) is 0.461. The van der Waals surface area contributed by atoms with Gasteiger partial charge in [0.15, 0.2) is 5.78 Å². The van der Waals surface area contributed by atoms with Crippen molar-refractivity contribution in [2.24, 2.45) is 0 Å². The number of thioether (sulfide) groups is 1. The summed E-state index contributed by atoms with van der Waals surface area (Å²) in [7, 11) is 0. The van der Waals surface area contributed by atoms with Gasteiger partial charge < -0.3 is 5.32 Å². The second kappa shape index (κ2) is 11.9. The van der Waals surface area contributed by atoms with E-state index in [1.807, 2.05) is 55.5 Å². The summed E-state index contributed by atoms with van der Waals surface area (Å²) < 4.78 is 0. The molecule has 2 aromatic carbocycles. The molecule has 0 fully saturated rings. The Morgan fingerprint density at radius 3 is 2.61 bits per heavy atom. The molecule has 162 valence electrons. The SMILES string of the molecule is CCC(NC(=O)SCCc1ccccc1)C(=O)Cn1nnc(Sc2ccccc2Cl)n1. The van der Waals surface area contributed by atoms with Crippen LogP contribution in [-0.4, -0.2) is 43.0 Å². The number of amides is 1. The van der Waals surface area contributed by atoms with Gasteiger partial charge in [-0.25, -0.2) is 0 Å². The van der Waals surface area contributed by atoms with Gasteiger partial charge in [0.25, 0.3) is 5.24 Å². The third-order valence-electron chi connectivity index (χ3n) is 4.33. The number of hydrogen-bond acceptors (Lipinski definition) is 7. The predicted octanol–water partition coefficient (Wildman–Crippen LogP) is 4.51. The number of rotatable bonds is 10. The molecule has 3 rings (SSSR count). The van der Waals surface area contributed by atoms with Crippen molar-refractivity contribution in [1.29, 1.82) is 0 Å². The summed E-state index contributed by atoms with van der Waals surface area (Å²) >= 11 is 8.59. The molecule has 0 spiro atoms. The van der Waals surface area contributed by atoms with Gasteiger partial charge in [0.1, 0.15) is 6.54 Å². The number of ketones is 1. The van der Waals surface area contributed by atoms with Crippen LogP contribution in [0.25, 0.3) is 0 Å². The number of nitrogens with zero attached hydrogens (tertiary/aromatic N) is 4. The maximum Gasteiger partial charge on any atom is 0.279 e. The second-order valence-electron chi connectivity index (χ2n) is 6.58. The molecule has 0 bridgehead atoms. The van der Waals surface area contributed by atoms with Crippen LogP contribution >= 0.6 is 35.1 Å². The van der Waals surface area contributed by atoms with Crippen molar-refractivity contribution in [1.82, 2.24) is 25.5 Å². The minimum Gasteiger partial charge on any atom is -0.337 e. The second-order valence-corrected chi connectivity index (χ2v) is 9.06. The highest BCUT2D eigenvalue weighted by atomic mass is 35.5. The fraction of sp³-hybridized carbons (Fsp3) is 0.286. The zero-order valence-electron chi connectivity index (χ0n) is 16.9. The van der Waals surface area contributed by atoms with E-state index in [-0.39, 0.29) is 17.6 Å². The number of halogens is 1. The highest BCUT2D eigenvalue weighted by Gasteiger charge is 2.20. The zero-order chi connectivity index (χ0) is 22.1. The molecule has 1 amide bonds. The Morgan fingerprint density at radius 2 is 1.87 bits per heavy atom. The average Bonchev–Trinajstić information content (AvgIpc) is 3.21. The van der Waals surface area contributed by atoms with Crippen LogP contribution in [0.4, 0.5) is 4.79 Å². The van der Waals surface area contributed by atoms with Crippen molar-refractivity contribution in [3.05, 3.63) is 65.2 Å². The third-order valence-corrected chi connectivity index (χ3v) is 6.48. The molecule has 0 aliphatic carbocycles. The molecule has 0 radical (unpaired) electrons. The summed E-state index contributed by atoms with van der Waals surface area (Å²) in [4.78, 5) is 26.9. The number of aryl methyl sites for hydroxylation is 1. The van der Waals surface area contributed by atoms with Crippen LogP contribution in [0.15, 0.2) is 64.6 Å². The molecule has 1 aromatic heterocycles.